The molecule has 296 valence electrons. The molecule has 51 heavy (non-hydrogen) atoms. The van der Waals surface area contributed by atoms with Gasteiger partial charge in [-0.05, 0) is 64.2 Å². The van der Waals surface area contributed by atoms with Crippen molar-refractivity contribution in [1.29, 1.82) is 0 Å². The number of rotatable bonds is 13. The maximum absolute atomic E-state index is 11.8. The molecule has 5 saturated heterocycles. The largest absolute Gasteiger partial charge is 0.481 e. The van der Waals surface area contributed by atoms with E-state index in [1.165, 1.54) is 0 Å². The van der Waals surface area contributed by atoms with Crippen LogP contribution >= 0.6 is 0 Å². The standard InChI is InChI=1S/C40H70O11/c1-11-12-13-33(48-37-24(4)17-32(47-37)35-23(3)16-25(5)39(44,21-41)50-35)38(9)20-26(6)40(51-38)28(8)31(45-10)19-30(49-40)18-29-15-14-22(2)34(46-29)27(7)36(42)43/h22-35,37,41,44H,11-21H2,1-10H3,(H,42,43)/t22?,23-,24-,25?,26+,27+,28+,29+,30+,31?,32+,33?,34?,35+,37?,38+,39-,40+/m0/s1. The number of methoxy groups -OCH3 is 1. The van der Waals surface area contributed by atoms with Crippen LogP contribution in [0.1, 0.15) is 127 Å². The van der Waals surface area contributed by atoms with E-state index in [1.54, 1.807) is 14.0 Å². The highest BCUT2D eigenvalue weighted by Gasteiger charge is 2.63. The first-order chi connectivity index (χ1) is 24.0. The summed E-state index contributed by atoms with van der Waals surface area (Å²) in [5.74, 6) is -3.55. The van der Waals surface area contributed by atoms with Gasteiger partial charge < -0.3 is 48.5 Å². The molecule has 5 fully saturated rings. The maximum atomic E-state index is 11.8. The third kappa shape index (κ3) is 8.37. The zero-order chi connectivity index (χ0) is 37.5. The number of aliphatic carboxylic acids is 1. The molecule has 0 radical (unpaired) electrons. The molecule has 11 nitrogen and oxygen atoms in total. The predicted octanol–water partition coefficient (Wildman–Crippen LogP) is 6.30. The molecule has 5 aliphatic heterocycles. The first-order valence-electron chi connectivity index (χ1n) is 20.1. The van der Waals surface area contributed by atoms with Gasteiger partial charge in [0, 0.05) is 43.6 Å². The molecule has 6 unspecified atom stereocenters. The number of hydrogen-bond acceptors (Lipinski definition) is 10. The van der Waals surface area contributed by atoms with E-state index in [0.29, 0.717) is 6.42 Å². The molecule has 3 N–H and O–H groups in total. The Hall–Kier alpha value is -0.890. The van der Waals surface area contributed by atoms with E-state index in [2.05, 4.69) is 48.5 Å². The number of aliphatic hydroxyl groups excluding tert-OH is 1. The molecule has 18 atom stereocenters. The zero-order valence-electron chi connectivity index (χ0n) is 33.0. The highest BCUT2D eigenvalue weighted by Crippen LogP contribution is 2.55. The normalized spacial score (nSPS) is 48.9. The monoisotopic (exact) mass is 726 g/mol. The van der Waals surface area contributed by atoms with E-state index in [9.17, 15) is 20.1 Å². The van der Waals surface area contributed by atoms with Gasteiger partial charge in [0.15, 0.2) is 17.9 Å². The fourth-order valence-corrected chi connectivity index (χ4v) is 10.2. The Balaban J connectivity index is 1.31. The van der Waals surface area contributed by atoms with Crippen LogP contribution < -0.4 is 0 Å². The summed E-state index contributed by atoms with van der Waals surface area (Å²) in [6.07, 6.45) is 6.25. The maximum Gasteiger partial charge on any atom is 0.308 e. The summed E-state index contributed by atoms with van der Waals surface area (Å²) >= 11 is 0. The molecular weight excluding hydrogens is 656 g/mol. The Morgan fingerprint density at radius 3 is 2.31 bits per heavy atom. The van der Waals surface area contributed by atoms with Crippen LogP contribution in [-0.4, -0.2) is 101 Å². The van der Waals surface area contributed by atoms with Crippen molar-refractivity contribution in [1.82, 2.24) is 0 Å². The van der Waals surface area contributed by atoms with E-state index < -0.39 is 42.0 Å². The van der Waals surface area contributed by atoms with E-state index in [1.807, 2.05) is 6.92 Å². The number of unbranched alkanes of at least 4 members (excludes halogenated alkanes) is 1. The summed E-state index contributed by atoms with van der Waals surface area (Å²) < 4.78 is 46.8. The molecule has 0 bridgehead atoms. The molecular formula is C40H70O11. The van der Waals surface area contributed by atoms with E-state index in [4.69, 9.17) is 33.2 Å². The van der Waals surface area contributed by atoms with Gasteiger partial charge in [-0.15, -0.1) is 0 Å². The lowest BCUT2D eigenvalue weighted by atomic mass is 9.78. The molecule has 0 amide bonds. The van der Waals surface area contributed by atoms with Gasteiger partial charge in [0.1, 0.15) is 0 Å². The van der Waals surface area contributed by atoms with Gasteiger partial charge in [0.25, 0.3) is 0 Å². The minimum atomic E-state index is -1.57. The second-order valence-electron chi connectivity index (χ2n) is 17.6. The van der Waals surface area contributed by atoms with Crippen LogP contribution in [0.3, 0.4) is 0 Å². The van der Waals surface area contributed by atoms with Crippen molar-refractivity contribution in [3.63, 3.8) is 0 Å². The van der Waals surface area contributed by atoms with Gasteiger partial charge in [-0.25, -0.2) is 0 Å². The topological polar surface area (TPSA) is 142 Å². The molecule has 0 aromatic carbocycles. The Labute approximate surface area is 306 Å². The van der Waals surface area contributed by atoms with Gasteiger partial charge in [-0.1, -0.05) is 61.3 Å². The highest BCUT2D eigenvalue weighted by atomic mass is 16.7. The van der Waals surface area contributed by atoms with Crippen LogP contribution in [0.4, 0.5) is 0 Å². The average molecular weight is 727 g/mol. The Morgan fingerprint density at radius 1 is 0.941 bits per heavy atom. The Bertz CT molecular complexity index is 1160. The van der Waals surface area contributed by atoms with Gasteiger partial charge in [0.2, 0.25) is 0 Å². The number of hydrogen-bond donors (Lipinski definition) is 3. The molecule has 5 heterocycles. The van der Waals surface area contributed by atoms with E-state index in [0.717, 1.165) is 57.8 Å². The number of carbonyl (C=O) groups is 1. The van der Waals surface area contributed by atoms with Crippen LogP contribution in [-0.2, 0) is 38.0 Å². The van der Waals surface area contributed by atoms with Crippen LogP contribution in [0.2, 0.25) is 0 Å². The summed E-state index contributed by atoms with van der Waals surface area (Å²) in [7, 11) is 1.76. The lowest BCUT2D eigenvalue weighted by Crippen LogP contribution is -2.58. The first kappa shape index (κ1) is 41.3. The molecule has 0 saturated carbocycles. The summed E-state index contributed by atoms with van der Waals surface area (Å²) in [5, 5.41) is 30.7. The van der Waals surface area contributed by atoms with Gasteiger partial charge in [0.05, 0.1) is 60.9 Å². The number of ether oxygens (including phenoxy) is 7. The summed E-state index contributed by atoms with van der Waals surface area (Å²) in [5.41, 5.74) is -0.649. The first-order valence-corrected chi connectivity index (χ1v) is 20.1. The quantitative estimate of drug-likeness (QED) is 0.197. The summed E-state index contributed by atoms with van der Waals surface area (Å²) in [6.45, 7) is 18.3. The SMILES string of the molecule is CCCCC(OC1O[C@@H]([C@@H]2O[C@@](O)(CO)C(C)C[C@@H]2C)C[C@@H]1C)[C@@]1(C)C[C@@H](C)[C@@]2(O[C@H](C[C@H]3CCC(C)C([C@@H](C)C(=O)O)O3)CC(OC)[C@H]2C)O1. The zero-order valence-corrected chi connectivity index (χ0v) is 33.0. The Kier molecular flexibility index (Phi) is 13.3. The van der Waals surface area contributed by atoms with Crippen LogP contribution in [0.5, 0.6) is 0 Å². The van der Waals surface area contributed by atoms with Crippen molar-refractivity contribution in [3.8, 4) is 0 Å². The van der Waals surface area contributed by atoms with Gasteiger partial charge >= 0.3 is 5.97 Å². The van der Waals surface area contributed by atoms with E-state index in [-0.39, 0.29) is 78.2 Å². The van der Waals surface area contributed by atoms with Crippen LogP contribution in [0.15, 0.2) is 0 Å². The second kappa shape index (κ2) is 16.5. The highest BCUT2D eigenvalue weighted by molar-refractivity contribution is 5.70. The molecule has 11 heteroatoms. The summed E-state index contributed by atoms with van der Waals surface area (Å²) in [6, 6.07) is 0. The molecule has 5 aliphatic rings. The summed E-state index contributed by atoms with van der Waals surface area (Å²) in [4.78, 5) is 11.8. The third-order valence-electron chi connectivity index (χ3n) is 13.6. The molecule has 5 rings (SSSR count). The van der Waals surface area contributed by atoms with Crippen molar-refractivity contribution in [2.45, 2.75) is 193 Å². The molecule has 0 aliphatic carbocycles. The smallest absolute Gasteiger partial charge is 0.308 e. The van der Waals surface area contributed by atoms with Crippen LogP contribution in [0, 0.1) is 41.4 Å². The van der Waals surface area contributed by atoms with Gasteiger partial charge in [-0.2, -0.15) is 0 Å². The fraction of sp³-hybridized carbons (Fsp3) is 0.975. The van der Waals surface area contributed by atoms with Crippen LogP contribution in [0.25, 0.3) is 0 Å². The van der Waals surface area contributed by atoms with Gasteiger partial charge in [-0.3, -0.25) is 4.79 Å². The van der Waals surface area contributed by atoms with Crippen molar-refractivity contribution in [2.24, 2.45) is 41.4 Å². The molecule has 0 aromatic rings. The number of carboxylic acids is 1. The molecule has 0 aromatic heterocycles. The fourth-order valence-electron chi connectivity index (χ4n) is 10.2. The number of aliphatic hydroxyl groups is 2. The third-order valence-corrected chi connectivity index (χ3v) is 13.6. The number of carboxylic acid groups (broad SMARTS) is 1. The van der Waals surface area contributed by atoms with E-state index >= 15 is 0 Å². The lowest BCUT2D eigenvalue weighted by molar-refractivity contribution is -0.357. The molecule has 1 spiro atoms. The van der Waals surface area contributed by atoms with Crippen molar-refractivity contribution < 1.29 is 53.3 Å². The van der Waals surface area contributed by atoms with Crippen molar-refractivity contribution in [2.75, 3.05) is 13.7 Å². The predicted molar refractivity (Wildman–Crippen MR) is 191 cm³/mol. The van der Waals surface area contributed by atoms with Crippen molar-refractivity contribution in [3.05, 3.63) is 0 Å². The second-order valence-corrected chi connectivity index (χ2v) is 17.6. The average Bonchev–Trinajstić information content (AvgIpc) is 3.58. The minimum absolute atomic E-state index is 0.0295. The lowest BCUT2D eigenvalue weighted by Gasteiger charge is -2.50. The van der Waals surface area contributed by atoms with Crippen molar-refractivity contribution >= 4 is 5.97 Å². The Morgan fingerprint density at radius 2 is 1.67 bits per heavy atom. The minimum Gasteiger partial charge on any atom is -0.481 e.